The van der Waals surface area contributed by atoms with E-state index in [2.05, 4.69) is 10.2 Å². The zero-order chi connectivity index (χ0) is 8.53. The van der Waals surface area contributed by atoms with Gasteiger partial charge in [0, 0.05) is 12.6 Å². The number of hydrogen-bond donors (Lipinski definition) is 2. The van der Waals surface area contributed by atoms with Gasteiger partial charge in [-0.25, -0.2) is 0 Å². The van der Waals surface area contributed by atoms with Crippen LogP contribution in [0.3, 0.4) is 0 Å². The van der Waals surface area contributed by atoms with E-state index in [0.29, 0.717) is 6.42 Å². The summed E-state index contributed by atoms with van der Waals surface area (Å²) >= 11 is 0. The largest absolute Gasteiger partial charge is 0.369 e. The van der Waals surface area contributed by atoms with Gasteiger partial charge in [-0.15, -0.1) is 5.10 Å². The van der Waals surface area contributed by atoms with E-state index < -0.39 is 0 Å². The molecule has 5 nitrogen and oxygen atoms in total. The zero-order valence-corrected chi connectivity index (χ0v) is 6.23. The van der Waals surface area contributed by atoms with Crippen molar-refractivity contribution in [3.63, 3.8) is 0 Å². The maximum absolute atomic E-state index is 9.83. The predicted molar refractivity (Wildman–Crippen MR) is 44.2 cm³/mol. The van der Waals surface area contributed by atoms with Crippen LogP contribution in [0.5, 0.6) is 0 Å². The highest BCUT2D eigenvalue weighted by Crippen LogP contribution is 1.88. The monoisotopic (exact) mass is 156 g/mol. The van der Waals surface area contributed by atoms with Crippen LogP contribution in [0, 0.1) is 0 Å². The summed E-state index contributed by atoms with van der Waals surface area (Å²) in [5.41, 5.74) is 9.98. The van der Waals surface area contributed by atoms with Crippen molar-refractivity contribution in [1.82, 2.24) is 0 Å². The summed E-state index contributed by atoms with van der Waals surface area (Å²) in [4.78, 5) is 9.83. The molecule has 0 bridgehead atoms. The number of aldehydes is 1. The van der Waals surface area contributed by atoms with Crippen molar-refractivity contribution in [1.29, 1.82) is 0 Å². The lowest BCUT2D eigenvalue weighted by Gasteiger charge is -1.85. The maximum atomic E-state index is 9.83. The first kappa shape index (κ1) is 9.61. The summed E-state index contributed by atoms with van der Waals surface area (Å²) < 4.78 is 0. The molecule has 0 aliphatic rings. The second-order valence-corrected chi connectivity index (χ2v) is 1.92. The molecule has 0 aromatic rings. The van der Waals surface area contributed by atoms with Crippen molar-refractivity contribution in [2.24, 2.45) is 21.7 Å². The van der Waals surface area contributed by atoms with Crippen LogP contribution in [0.2, 0.25) is 0 Å². The molecule has 0 aromatic carbocycles. The van der Waals surface area contributed by atoms with E-state index in [1.807, 2.05) is 0 Å². The van der Waals surface area contributed by atoms with Crippen molar-refractivity contribution in [2.75, 3.05) is 0 Å². The molecule has 0 saturated heterocycles. The lowest BCUT2D eigenvalue weighted by Crippen LogP contribution is -2.21. The zero-order valence-electron chi connectivity index (χ0n) is 6.23. The number of nitrogens with zero attached hydrogens (tertiary/aromatic N) is 2. The molecule has 0 heterocycles. The van der Waals surface area contributed by atoms with Gasteiger partial charge in [0.15, 0.2) is 0 Å². The van der Waals surface area contributed by atoms with Crippen LogP contribution in [-0.2, 0) is 4.79 Å². The van der Waals surface area contributed by atoms with Crippen molar-refractivity contribution >= 4 is 18.5 Å². The predicted octanol–water partition coefficient (Wildman–Crippen LogP) is -0.385. The van der Waals surface area contributed by atoms with Gasteiger partial charge in [0.05, 0.1) is 0 Å². The Kier molecular flexibility index (Phi) is 5.88. The number of guanidine groups is 1. The standard InChI is InChI=1S/C6H12N4O/c7-6(8)10-9-4-2-1-3-5-11/h4-5H,1-3H2,(H4,7,8,10). The fourth-order valence-corrected chi connectivity index (χ4v) is 0.458. The van der Waals surface area contributed by atoms with Crippen molar-refractivity contribution in [3.8, 4) is 0 Å². The molecule has 0 rings (SSSR count). The van der Waals surface area contributed by atoms with E-state index in [0.717, 1.165) is 19.1 Å². The molecule has 0 unspecified atom stereocenters. The minimum absolute atomic E-state index is 0.0587. The highest BCUT2D eigenvalue weighted by molar-refractivity contribution is 5.76. The van der Waals surface area contributed by atoms with E-state index in [1.165, 1.54) is 0 Å². The van der Waals surface area contributed by atoms with Crippen LogP contribution in [0.1, 0.15) is 19.3 Å². The van der Waals surface area contributed by atoms with Gasteiger partial charge in [0.1, 0.15) is 6.29 Å². The van der Waals surface area contributed by atoms with Gasteiger partial charge in [0.25, 0.3) is 0 Å². The Bertz CT molecular complexity index is 160. The fourth-order valence-electron chi connectivity index (χ4n) is 0.458. The molecule has 0 spiro atoms. The molecule has 0 aromatic heterocycles. The fraction of sp³-hybridized carbons (Fsp3) is 0.500. The van der Waals surface area contributed by atoms with Gasteiger partial charge in [-0.3, -0.25) is 0 Å². The Morgan fingerprint density at radius 2 is 2.09 bits per heavy atom. The first-order chi connectivity index (χ1) is 5.27. The Morgan fingerprint density at radius 1 is 1.36 bits per heavy atom. The first-order valence-electron chi connectivity index (χ1n) is 3.31. The molecule has 0 aliphatic heterocycles. The van der Waals surface area contributed by atoms with Gasteiger partial charge in [-0.05, 0) is 12.8 Å². The van der Waals surface area contributed by atoms with Crippen LogP contribution < -0.4 is 11.5 Å². The summed E-state index contributed by atoms with van der Waals surface area (Å²) in [6.07, 6.45) is 4.49. The first-order valence-corrected chi connectivity index (χ1v) is 3.31. The topological polar surface area (TPSA) is 93.8 Å². The minimum Gasteiger partial charge on any atom is -0.369 e. The van der Waals surface area contributed by atoms with E-state index in [4.69, 9.17) is 11.5 Å². The molecule has 0 saturated carbocycles. The van der Waals surface area contributed by atoms with Crippen LogP contribution in [0.15, 0.2) is 10.2 Å². The molecule has 0 radical (unpaired) electrons. The summed E-state index contributed by atoms with van der Waals surface area (Å²) in [6, 6.07) is 0. The molecule has 5 heteroatoms. The van der Waals surface area contributed by atoms with Crippen LogP contribution in [-0.4, -0.2) is 18.5 Å². The average molecular weight is 156 g/mol. The van der Waals surface area contributed by atoms with Crippen molar-refractivity contribution in [3.05, 3.63) is 0 Å². The number of carbonyl (C=O) groups is 1. The van der Waals surface area contributed by atoms with E-state index in [-0.39, 0.29) is 5.96 Å². The number of carbonyl (C=O) groups excluding carboxylic acids is 1. The van der Waals surface area contributed by atoms with Crippen LogP contribution in [0.4, 0.5) is 0 Å². The van der Waals surface area contributed by atoms with E-state index in [1.54, 1.807) is 6.21 Å². The Balaban J connectivity index is 3.30. The lowest BCUT2D eigenvalue weighted by atomic mass is 10.3. The van der Waals surface area contributed by atoms with Crippen LogP contribution in [0.25, 0.3) is 0 Å². The third-order valence-electron chi connectivity index (χ3n) is 0.910. The summed E-state index contributed by atoms with van der Waals surface area (Å²) in [6.45, 7) is 0. The summed E-state index contributed by atoms with van der Waals surface area (Å²) in [5, 5.41) is 6.92. The Hall–Kier alpha value is -1.39. The molecule has 62 valence electrons. The maximum Gasteiger partial charge on any atom is 0.211 e. The molecule has 0 aliphatic carbocycles. The number of unbranched alkanes of at least 4 members (excludes halogenated alkanes) is 2. The molecule has 0 fully saturated rings. The minimum atomic E-state index is -0.0587. The van der Waals surface area contributed by atoms with E-state index in [9.17, 15) is 4.79 Å². The molecule has 11 heavy (non-hydrogen) atoms. The van der Waals surface area contributed by atoms with E-state index >= 15 is 0 Å². The summed E-state index contributed by atoms with van der Waals surface area (Å²) in [5.74, 6) is -0.0587. The van der Waals surface area contributed by atoms with Crippen LogP contribution >= 0.6 is 0 Å². The highest BCUT2D eigenvalue weighted by atomic mass is 16.1. The third-order valence-corrected chi connectivity index (χ3v) is 0.910. The van der Waals surface area contributed by atoms with Crippen molar-refractivity contribution < 1.29 is 4.79 Å². The quantitative estimate of drug-likeness (QED) is 0.187. The Labute approximate surface area is 65.2 Å². The summed E-state index contributed by atoms with van der Waals surface area (Å²) in [7, 11) is 0. The second kappa shape index (κ2) is 6.73. The highest BCUT2D eigenvalue weighted by Gasteiger charge is 1.81. The lowest BCUT2D eigenvalue weighted by molar-refractivity contribution is -0.107. The third kappa shape index (κ3) is 8.61. The normalized spacial score (nSPS) is 9.82. The molecule has 0 amide bonds. The second-order valence-electron chi connectivity index (χ2n) is 1.92. The SMILES string of the molecule is NC(N)=NN=CCCCC=O. The van der Waals surface area contributed by atoms with Gasteiger partial charge >= 0.3 is 0 Å². The average Bonchev–Trinajstić information content (AvgIpc) is 1.96. The number of nitrogens with two attached hydrogens (primary N) is 2. The van der Waals surface area contributed by atoms with Gasteiger partial charge in [-0.1, -0.05) is 0 Å². The van der Waals surface area contributed by atoms with Gasteiger partial charge in [0.2, 0.25) is 5.96 Å². The van der Waals surface area contributed by atoms with Crippen molar-refractivity contribution in [2.45, 2.75) is 19.3 Å². The molecule has 0 atom stereocenters. The smallest absolute Gasteiger partial charge is 0.211 e. The molecule has 4 N–H and O–H groups in total. The number of rotatable bonds is 5. The number of hydrogen-bond acceptors (Lipinski definition) is 3. The molecular weight excluding hydrogens is 144 g/mol. The Morgan fingerprint density at radius 3 is 2.64 bits per heavy atom. The molecular formula is C6H12N4O. The van der Waals surface area contributed by atoms with Gasteiger partial charge < -0.3 is 16.3 Å². The van der Waals surface area contributed by atoms with Gasteiger partial charge in [-0.2, -0.15) is 5.10 Å².